The Bertz CT molecular complexity index is 530. The Kier molecular flexibility index (Phi) is 4.45. The van der Waals surface area contributed by atoms with E-state index in [2.05, 4.69) is 32.2 Å². The van der Waals surface area contributed by atoms with Crippen LogP contribution in [0.4, 0.5) is 0 Å². The molecule has 19 heavy (non-hydrogen) atoms. The SMILES string of the molecule is CC(C)(C)NCC(O)COc1csc2ccccc12. The van der Waals surface area contributed by atoms with Crippen molar-refractivity contribution in [2.24, 2.45) is 0 Å². The fraction of sp³-hybridized carbons (Fsp3) is 0.467. The molecule has 0 spiro atoms. The van der Waals surface area contributed by atoms with Gasteiger partial charge in [-0.15, -0.1) is 11.3 Å². The van der Waals surface area contributed by atoms with Crippen LogP contribution in [0.5, 0.6) is 5.75 Å². The van der Waals surface area contributed by atoms with Crippen LogP contribution in [0.25, 0.3) is 10.1 Å². The van der Waals surface area contributed by atoms with E-state index >= 15 is 0 Å². The van der Waals surface area contributed by atoms with Gasteiger partial charge in [-0.05, 0) is 32.9 Å². The summed E-state index contributed by atoms with van der Waals surface area (Å²) in [7, 11) is 0. The largest absolute Gasteiger partial charge is 0.489 e. The molecular weight excluding hydrogens is 258 g/mol. The first-order valence-corrected chi connectivity index (χ1v) is 7.36. The number of β-amino-alcohol motifs (C(OH)–C–C–N with tert-alkyl or cyclic N) is 1. The Morgan fingerprint density at radius 3 is 2.79 bits per heavy atom. The van der Waals surface area contributed by atoms with E-state index in [0.717, 1.165) is 11.1 Å². The van der Waals surface area contributed by atoms with Gasteiger partial charge < -0.3 is 15.2 Å². The Morgan fingerprint density at radius 1 is 1.32 bits per heavy atom. The van der Waals surface area contributed by atoms with Crippen molar-refractivity contribution in [3.63, 3.8) is 0 Å². The van der Waals surface area contributed by atoms with Gasteiger partial charge in [0.15, 0.2) is 0 Å². The number of aliphatic hydroxyl groups is 1. The molecule has 2 N–H and O–H groups in total. The molecule has 1 atom stereocenters. The van der Waals surface area contributed by atoms with Gasteiger partial charge in [0.1, 0.15) is 18.5 Å². The van der Waals surface area contributed by atoms with Gasteiger partial charge in [-0.25, -0.2) is 0 Å². The first-order chi connectivity index (χ1) is 8.96. The average Bonchev–Trinajstić information content (AvgIpc) is 2.76. The Balaban J connectivity index is 1.88. The number of aliphatic hydroxyl groups excluding tert-OH is 1. The summed E-state index contributed by atoms with van der Waals surface area (Å²) in [6.45, 7) is 7.07. The molecule has 0 aliphatic rings. The van der Waals surface area contributed by atoms with Gasteiger partial charge in [0, 0.05) is 27.5 Å². The highest BCUT2D eigenvalue weighted by Gasteiger charge is 2.13. The van der Waals surface area contributed by atoms with Gasteiger partial charge in [0.05, 0.1) is 0 Å². The maximum atomic E-state index is 9.90. The maximum absolute atomic E-state index is 9.90. The number of fused-ring (bicyclic) bond motifs is 1. The molecule has 104 valence electrons. The van der Waals surface area contributed by atoms with Crippen molar-refractivity contribution >= 4 is 21.4 Å². The van der Waals surface area contributed by atoms with Crippen LogP contribution in [0.3, 0.4) is 0 Å². The molecule has 0 amide bonds. The predicted molar refractivity (Wildman–Crippen MR) is 81.1 cm³/mol. The summed E-state index contributed by atoms with van der Waals surface area (Å²) in [5, 5.41) is 16.3. The van der Waals surface area contributed by atoms with E-state index in [4.69, 9.17) is 4.74 Å². The van der Waals surface area contributed by atoms with Crippen molar-refractivity contribution in [1.82, 2.24) is 5.32 Å². The fourth-order valence-corrected chi connectivity index (χ4v) is 2.62. The monoisotopic (exact) mass is 279 g/mol. The third kappa shape index (κ3) is 4.20. The van der Waals surface area contributed by atoms with Crippen molar-refractivity contribution in [3.8, 4) is 5.75 Å². The van der Waals surface area contributed by atoms with E-state index in [0.29, 0.717) is 13.2 Å². The highest BCUT2D eigenvalue weighted by atomic mass is 32.1. The van der Waals surface area contributed by atoms with Gasteiger partial charge >= 0.3 is 0 Å². The summed E-state index contributed by atoms with van der Waals surface area (Å²) >= 11 is 1.66. The molecule has 3 nitrogen and oxygen atoms in total. The summed E-state index contributed by atoms with van der Waals surface area (Å²) in [6, 6.07) is 8.13. The topological polar surface area (TPSA) is 41.5 Å². The van der Waals surface area contributed by atoms with Crippen molar-refractivity contribution in [3.05, 3.63) is 29.6 Å². The van der Waals surface area contributed by atoms with E-state index in [1.165, 1.54) is 4.70 Å². The van der Waals surface area contributed by atoms with E-state index in [-0.39, 0.29) is 5.54 Å². The normalized spacial score (nSPS) is 13.7. The van der Waals surface area contributed by atoms with Crippen LogP contribution >= 0.6 is 11.3 Å². The Hall–Kier alpha value is -1.10. The van der Waals surface area contributed by atoms with Crippen LogP contribution in [-0.4, -0.2) is 29.9 Å². The van der Waals surface area contributed by atoms with Crippen LogP contribution in [-0.2, 0) is 0 Å². The standard InChI is InChI=1S/C15H21NO2S/c1-15(2,3)16-8-11(17)9-18-13-10-19-14-7-5-4-6-12(13)14/h4-7,10-11,16-17H,8-9H2,1-3H3. The molecule has 0 radical (unpaired) electrons. The predicted octanol–water partition coefficient (Wildman–Crippen LogP) is 3.03. The van der Waals surface area contributed by atoms with Gasteiger partial charge in [-0.3, -0.25) is 0 Å². The van der Waals surface area contributed by atoms with E-state index in [1.807, 2.05) is 23.6 Å². The molecule has 0 saturated heterocycles. The molecule has 0 fully saturated rings. The minimum atomic E-state index is -0.502. The van der Waals surface area contributed by atoms with Crippen LogP contribution in [0.2, 0.25) is 0 Å². The van der Waals surface area contributed by atoms with Crippen molar-refractivity contribution in [2.45, 2.75) is 32.4 Å². The van der Waals surface area contributed by atoms with Crippen LogP contribution in [0.15, 0.2) is 29.6 Å². The smallest absolute Gasteiger partial charge is 0.137 e. The highest BCUT2D eigenvalue weighted by Crippen LogP contribution is 2.31. The molecule has 0 aliphatic heterocycles. The molecule has 1 heterocycles. The summed E-state index contributed by atoms with van der Waals surface area (Å²) in [5.41, 5.74) is 0.00998. The molecule has 0 aliphatic carbocycles. The van der Waals surface area contributed by atoms with Crippen LogP contribution in [0, 0.1) is 0 Å². The van der Waals surface area contributed by atoms with E-state index in [9.17, 15) is 5.11 Å². The zero-order valence-electron chi connectivity index (χ0n) is 11.6. The molecule has 1 aromatic carbocycles. The number of ether oxygens (including phenoxy) is 1. The second-order valence-electron chi connectivity index (χ2n) is 5.69. The summed E-state index contributed by atoms with van der Waals surface area (Å²) in [4.78, 5) is 0. The fourth-order valence-electron chi connectivity index (χ4n) is 1.73. The quantitative estimate of drug-likeness (QED) is 0.884. The first-order valence-electron chi connectivity index (χ1n) is 6.48. The van der Waals surface area contributed by atoms with Crippen LogP contribution < -0.4 is 10.1 Å². The minimum Gasteiger partial charge on any atom is -0.489 e. The maximum Gasteiger partial charge on any atom is 0.137 e. The number of thiophene rings is 1. The molecule has 2 rings (SSSR count). The third-order valence-corrected chi connectivity index (χ3v) is 3.69. The van der Waals surface area contributed by atoms with E-state index in [1.54, 1.807) is 11.3 Å². The van der Waals surface area contributed by atoms with Gasteiger partial charge in [0.2, 0.25) is 0 Å². The van der Waals surface area contributed by atoms with Gasteiger partial charge in [-0.1, -0.05) is 12.1 Å². The summed E-state index contributed by atoms with van der Waals surface area (Å²) < 4.78 is 6.91. The lowest BCUT2D eigenvalue weighted by Crippen LogP contribution is -2.42. The number of nitrogens with one attached hydrogen (secondary N) is 1. The second kappa shape index (κ2) is 5.90. The number of benzene rings is 1. The third-order valence-electron chi connectivity index (χ3n) is 2.74. The lowest BCUT2D eigenvalue weighted by atomic mass is 10.1. The molecular formula is C15H21NO2S. The lowest BCUT2D eigenvalue weighted by molar-refractivity contribution is 0.101. The molecule has 0 bridgehead atoms. The summed E-state index contributed by atoms with van der Waals surface area (Å²) in [5.74, 6) is 0.857. The van der Waals surface area contributed by atoms with Crippen LogP contribution in [0.1, 0.15) is 20.8 Å². The molecule has 2 aromatic rings. The number of hydrogen-bond donors (Lipinski definition) is 2. The van der Waals surface area contributed by atoms with E-state index < -0.39 is 6.10 Å². The van der Waals surface area contributed by atoms with Crippen molar-refractivity contribution in [2.75, 3.05) is 13.2 Å². The zero-order chi connectivity index (χ0) is 13.9. The highest BCUT2D eigenvalue weighted by molar-refractivity contribution is 7.17. The number of hydrogen-bond acceptors (Lipinski definition) is 4. The average molecular weight is 279 g/mol. The zero-order valence-corrected chi connectivity index (χ0v) is 12.5. The molecule has 1 unspecified atom stereocenters. The van der Waals surface area contributed by atoms with Gasteiger partial charge in [0.25, 0.3) is 0 Å². The molecule has 0 saturated carbocycles. The lowest BCUT2D eigenvalue weighted by Gasteiger charge is -2.22. The Morgan fingerprint density at radius 2 is 2.05 bits per heavy atom. The number of rotatable bonds is 5. The molecule has 4 heteroatoms. The second-order valence-corrected chi connectivity index (χ2v) is 6.60. The first kappa shape index (κ1) is 14.3. The Labute approximate surface area is 118 Å². The van der Waals surface area contributed by atoms with Crippen molar-refractivity contribution < 1.29 is 9.84 Å². The minimum absolute atomic E-state index is 0.00998. The van der Waals surface area contributed by atoms with Crippen molar-refractivity contribution in [1.29, 1.82) is 0 Å². The van der Waals surface area contributed by atoms with Gasteiger partial charge in [-0.2, -0.15) is 0 Å². The molecule has 1 aromatic heterocycles. The summed E-state index contributed by atoms with van der Waals surface area (Å²) in [6.07, 6.45) is -0.502.